The number of carboxylic acids is 2. The van der Waals surface area contributed by atoms with Gasteiger partial charge in [0.05, 0.1) is 6.42 Å². The van der Waals surface area contributed by atoms with Gasteiger partial charge in [-0.3, -0.25) is 4.79 Å². The second-order valence-electron chi connectivity index (χ2n) is 3.03. The van der Waals surface area contributed by atoms with Gasteiger partial charge in [0.2, 0.25) is 0 Å². The summed E-state index contributed by atoms with van der Waals surface area (Å²) in [5.41, 5.74) is 0. The molecule has 0 aromatic carbocycles. The zero-order chi connectivity index (χ0) is 13.7. The first-order valence-electron chi connectivity index (χ1n) is 5.27. The quantitative estimate of drug-likeness (QED) is 0.437. The van der Waals surface area contributed by atoms with Crippen LogP contribution in [0.1, 0.15) is 26.2 Å². The minimum atomic E-state index is -1.24. The summed E-state index contributed by atoms with van der Waals surface area (Å²) < 4.78 is 4.63. The van der Waals surface area contributed by atoms with Gasteiger partial charge in [0.25, 0.3) is 0 Å². The Morgan fingerprint density at radius 2 is 1.59 bits per heavy atom. The molecule has 4 N–H and O–H groups in total. The number of ether oxygens (including phenoxy) is 1. The summed E-state index contributed by atoms with van der Waals surface area (Å²) in [6, 6.07) is 0. The Morgan fingerprint density at radius 3 is 1.82 bits per heavy atom. The van der Waals surface area contributed by atoms with Crippen LogP contribution in [0.4, 0.5) is 0 Å². The summed E-state index contributed by atoms with van der Waals surface area (Å²) in [4.78, 5) is 20.3. The third-order valence-corrected chi connectivity index (χ3v) is 1.57. The fraction of sp³-hybridized carbons (Fsp3) is 0.800. The van der Waals surface area contributed by atoms with Crippen LogP contribution < -0.4 is 0 Å². The number of aliphatic hydroxyl groups excluding tert-OH is 2. The maximum absolute atomic E-state index is 10.2. The van der Waals surface area contributed by atoms with Crippen LogP contribution in [0.25, 0.3) is 0 Å². The lowest BCUT2D eigenvalue weighted by atomic mass is 10.2. The zero-order valence-electron chi connectivity index (χ0n) is 9.83. The lowest BCUT2D eigenvalue weighted by Gasteiger charge is -2.08. The Hall–Kier alpha value is -1.18. The summed E-state index contributed by atoms with van der Waals surface area (Å²) >= 11 is 0. The maximum atomic E-state index is 10.2. The highest BCUT2D eigenvalue weighted by molar-refractivity contribution is 5.79. The molecule has 7 nitrogen and oxygen atoms in total. The number of carboxylic acid groups (broad SMARTS) is 2. The molecule has 1 unspecified atom stereocenters. The van der Waals surface area contributed by atoms with Crippen LogP contribution in [-0.4, -0.2) is 58.3 Å². The van der Waals surface area contributed by atoms with Crippen molar-refractivity contribution in [3.63, 3.8) is 0 Å². The van der Waals surface area contributed by atoms with Gasteiger partial charge in [-0.2, -0.15) is 0 Å². The van der Waals surface area contributed by atoms with Gasteiger partial charge in [0.1, 0.15) is 0 Å². The lowest BCUT2D eigenvalue weighted by molar-refractivity contribution is -0.156. The Bertz CT molecular complexity index is 201. The summed E-state index contributed by atoms with van der Waals surface area (Å²) in [5, 5.41) is 32.8. The molecule has 0 aromatic rings. The zero-order valence-corrected chi connectivity index (χ0v) is 9.83. The van der Waals surface area contributed by atoms with Crippen molar-refractivity contribution in [1.82, 2.24) is 0 Å². The van der Waals surface area contributed by atoms with Gasteiger partial charge in [-0.1, -0.05) is 0 Å². The van der Waals surface area contributed by atoms with E-state index in [2.05, 4.69) is 4.74 Å². The predicted molar refractivity (Wildman–Crippen MR) is 58.7 cm³/mol. The van der Waals surface area contributed by atoms with E-state index in [1.54, 1.807) is 6.92 Å². The van der Waals surface area contributed by atoms with Crippen LogP contribution in [0.3, 0.4) is 0 Å². The predicted octanol–water partition coefficient (Wildman–Crippen LogP) is -0.298. The van der Waals surface area contributed by atoms with Crippen molar-refractivity contribution in [1.29, 1.82) is 0 Å². The third kappa shape index (κ3) is 14.8. The molecule has 1 atom stereocenters. The first-order valence-corrected chi connectivity index (χ1v) is 5.27. The Kier molecular flexibility index (Phi) is 13.8. The molecule has 0 heterocycles. The largest absolute Gasteiger partial charge is 0.481 e. The number of rotatable bonds is 8. The van der Waals surface area contributed by atoms with E-state index >= 15 is 0 Å². The van der Waals surface area contributed by atoms with Gasteiger partial charge < -0.3 is 25.2 Å². The highest BCUT2D eigenvalue weighted by Crippen LogP contribution is 1.98. The first-order chi connectivity index (χ1) is 7.99. The van der Waals surface area contributed by atoms with E-state index in [4.69, 9.17) is 20.4 Å². The molecule has 0 fully saturated rings. The summed E-state index contributed by atoms with van der Waals surface area (Å²) in [7, 11) is 0. The van der Waals surface area contributed by atoms with Crippen molar-refractivity contribution in [3.8, 4) is 0 Å². The summed E-state index contributed by atoms with van der Waals surface area (Å²) in [6.07, 6.45) is -0.284. The van der Waals surface area contributed by atoms with Crippen LogP contribution in [0, 0.1) is 0 Å². The molecule has 0 aromatic heterocycles. The second-order valence-corrected chi connectivity index (χ2v) is 3.03. The van der Waals surface area contributed by atoms with Crippen molar-refractivity contribution in [2.75, 3.05) is 19.8 Å². The van der Waals surface area contributed by atoms with Gasteiger partial charge in [-0.25, -0.2) is 4.79 Å². The molecule has 7 heteroatoms. The monoisotopic (exact) mass is 252 g/mol. The normalized spacial score (nSPS) is 11.2. The minimum absolute atomic E-state index is 0.195. The standard InChI is InChI=1S/C6H10O5.C4H10O2/c1-2-11-4(6(9)10)3-5(7)8;5-3-1-2-4-6/h4H,2-3H2,1H3,(H,7,8)(H,9,10);5-6H,1-4H2. The minimum Gasteiger partial charge on any atom is -0.481 e. The third-order valence-electron chi connectivity index (χ3n) is 1.57. The topological polar surface area (TPSA) is 124 Å². The molecule has 0 aliphatic rings. The van der Waals surface area contributed by atoms with E-state index in [0.29, 0.717) is 0 Å². The van der Waals surface area contributed by atoms with E-state index in [1.807, 2.05) is 0 Å². The summed E-state index contributed by atoms with van der Waals surface area (Å²) in [6.45, 7) is 2.20. The van der Waals surface area contributed by atoms with Crippen LogP contribution >= 0.6 is 0 Å². The maximum Gasteiger partial charge on any atom is 0.333 e. The summed E-state index contributed by atoms with van der Waals surface area (Å²) in [5.74, 6) is -2.42. The van der Waals surface area contributed by atoms with E-state index in [-0.39, 0.29) is 19.8 Å². The van der Waals surface area contributed by atoms with E-state index in [1.165, 1.54) is 0 Å². The molecule has 0 bridgehead atoms. The number of unbranched alkanes of at least 4 members (excludes halogenated alkanes) is 1. The number of hydrogen-bond acceptors (Lipinski definition) is 5. The highest BCUT2D eigenvalue weighted by atomic mass is 16.5. The van der Waals surface area contributed by atoms with E-state index in [0.717, 1.165) is 12.8 Å². The van der Waals surface area contributed by atoms with Crippen LogP contribution in [-0.2, 0) is 14.3 Å². The molecule has 0 aliphatic heterocycles. The fourth-order valence-corrected chi connectivity index (χ4v) is 0.801. The molecular formula is C10H20O7. The van der Waals surface area contributed by atoms with Crippen molar-refractivity contribution in [2.45, 2.75) is 32.3 Å². The molecule has 17 heavy (non-hydrogen) atoms. The molecular weight excluding hydrogens is 232 g/mol. The molecule has 0 saturated heterocycles. The van der Waals surface area contributed by atoms with Crippen LogP contribution in [0.5, 0.6) is 0 Å². The van der Waals surface area contributed by atoms with Crippen LogP contribution in [0.15, 0.2) is 0 Å². The average Bonchev–Trinajstić information content (AvgIpc) is 2.26. The Labute approximate surface area is 99.6 Å². The fourth-order valence-electron chi connectivity index (χ4n) is 0.801. The Morgan fingerprint density at radius 1 is 1.12 bits per heavy atom. The highest BCUT2D eigenvalue weighted by Gasteiger charge is 2.20. The van der Waals surface area contributed by atoms with Gasteiger partial charge in [0, 0.05) is 19.8 Å². The molecule has 102 valence electrons. The van der Waals surface area contributed by atoms with Crippen molar-refractivity contribution < 1.29 is 34.8 Å². The van der Waals surface area contributed by atoms with Crippen molar-refractivity contribution in [2.24, 2.45) is 0 Å². The molecule has 0 radical (unpaired) electrons. The molecule has 0 amide bonds. The smallest absolute Gasteiger partial charge is 0.333 e. The average molecular weight is 252 g/mol. The van der Waals surface area contributed by atoms with E-state index in [9.17, 15) is 9.59 Å². The first kappa shape index (κ1) is 18.2. The number of aliphatic hydroxyl groups is 2. The Balaban J connectivity index is 0. The molecule has 0 aliphatic carbocycles. The SMILES string of the molecule is CCOC(CC(=O)O)C(=O)O.OCCCCO. The lowest BCUT2D eigenvalue weighted by Crippen LogP contribution is -2.26. The molecule has 0 rings (SSSR count). The molecule has 0 saturated carbocycles. The van der Waals surface area contributed by atoms with Gasteiger partial charge in [0.15, 0.2) is 6.10 Å². The van der Waals surface area contributed by atoms with Crippen molar-refractivity contribution >= 4 is 11.9 Å². The van der Waals surface area contributed by atoms with Crippen LogP contribution in [0.2, 0.25) is 0 Å². The van der Waals surface area contributed by atoms with E-state index < -0.39 is 24.5 Å². The van der Waals surface area contributed by atoms with Gasteiger partial charge in [-0.05, 0) is 19.8 Å². The molecule has 0 spiro atoms. The number of hydrogen-bond donors (Lipinski definition) is 4. The van der Waals surface area contributed by atoms with Gasteiger partial charge >= 0.3 is 11.9 Å². The number of carbonyl (C=O) groups is 2. The van der Waals surface area contributed by atoms with Gasteiger partial charge in [-0.15, -0.1) is 0 Å². The second kappa shape index (κ2) is 12.9. The number of aliphatic carboxylic acids is 2. The van der Waals surface area contributed by atoms with Crippen molar-refractivity contribution in [3.05, 3.63) is 0 Å².